The van der Waals surface area contributed by atoms with Gasteiger partial charge in [0.05, 0.1) is 31.3 Å². The number of amides is 2. The Morgan fingerprint density at radius 1 is 1.09 bits per heavy atom. The maximum Gasteiger partial charge on any atom is 0.387 e. The van der Waals surface area contributed by atoms with Crippen molar-refractivity contribution in [2.45, 2.75) is 39.5 Å². The number of rotatable bonds is 12. The molecular formula is C26H32F2N2O5. The predicted octanol–water partition coefficient (Wildman–Crippen LogP) is 4.01. The number of halogens is 2. The van der Waals surface area contributed by atoms with Crippen LogP contribution in [-0.4, -0.2) is 56.2 Å². The zero-order valence-corrected chi connectivity index (χ0v) is 19.9. The minimum absolute atomic E-state index is 0.0640. The van der Waals surface area contributed by atoms with E-state index in [1.54, 1.807) is 6.07 Å². The van der Waals surface area contributed by atoms with Gasteiger partial charge in [0.25, 0.3) is 5.91 Å². The van der Waals surface area contributed by atoms with E-state index in [1.807, 2.05) is 31.2 Å². The molecule has 2 aromatic carbocycles. The molecule has 190 valence electrons. The number of ether oxygens (including phenoxy) is 3. The average molecular weight is 491 g/mol. The maximum absolute atomic E-state index is 13.0. The van der Waals surface area contributed by atoms with Crippen LogP contribution in [0.15, 0.2) is 48.5 Å². The van der Waals surface area contributed by atoms with Crippen LogP contribution in [0.4, 0.5) is 8.78 Å². The summed E-state index contributed by atoms with van der Waals surface area (Å²) in [5, 5.41) is 2.96. The first-order valence-corrected chi connectivity index (χ1v) is 11.8. The fourth-order valence-electron chi connectivity index (χ4n) is 4.00. The Balaban J connectivity index is 1.52. The SMILES string of the molecule is CCOCCOCc1cccc(CNC(=O)C2CCCN(C(=O)c3ccccc3OC(F)F)C2)c1. The summed E-state index contributed by atoms with van der Waals surface area (Å²) >= 11 is 0. The Morgan fingerprint density at radius 3 is 2.66 bits per heavy atom. The second-order valence-electron chi connectivity index (χ2n) is 8.25. The lowest BCUT2D eigenvalue weighted by molar-refractivity contribution is -0.126. The Morgan fingerprint density at radius 2 is 1.86 bits per heavy atom. The van der Waals surface area contributed by atoms with Gasteiger partial charge in [-0.1, -0.05) is 36.4 Å². The van der Waals surface area contributed by atoms with E-state index in [4.69, 9.17) is 9.47 Å². The molecule has 0 spiro atoms. The van der Waals surface area contributed by atoms with E-state index in [2.05, 4.69) is 10.1 Å². The number of nitrogens with one attached hydrogen (secondary N) is 1. The summed E-state index contributed by atoms with van der Waals surface area (Å²) in [6.45, 7) is 2.15. The normalized spacial score (nSPS) is 15.8. The minimum Gasteiger partial charge on any atom is -0.434 e. The number of hydrogen-bond acceptors (Lipinski definition) is 5. The number of hydrogen-bond donors (Lipinski definition) is 1. The van der Waals surface area contributed by atoms with E-state index >= 15 is 0 Å². The predicted molar refractivity (Wildman–Crippen MR) is 126 cm³/mol. The highest BCUT2D eigenvalue weighted by atomic mass is 19.3. The van der Waals surface area contributed by atoms with Crippen LogP contribution in [0.2, 0.25) is 0 Å². The number of nitrogens with zero attached hydrogens (tertiary/aromatic N) is 1. The van der Waals surface area contributed by atoms with Crippen molar-refractivity contribution in [1.82, 2.24) is 10.2 Å². The standard InChI is InChI=1S/C26H32F2N2O5/c1-2-33-13-14-34-18-20-8-5-7-19(15-20)16-29-24(31)21-9-6-12-30(17-21)25(32)22-10-3-4-11-23(22)35-26(27)28/h3-5,7-8,10-11,15,21,26H,2,6,9,12-14,16-18H2,1H3,(H,29,31). The van der Waals surface area contributed by atoms with Crippen LogP contribution < -0.4 is 10.1 Å². The van der Waals surface area contributed by atoms with Gasteiger partial charge in [-0.25, -0.2) is 0 Å². The molecule has 1 aliphatic rings. The fraction of sp³-hybridized carbons (Fsp3) is 0.462. The molecule has 0 saturated carbocycles. The molecule has 1 fully saturated rings. The van der Waals surface area contributed by atoms with Gasteiger partial charge in [-0.05, 0) is 43.0 Å². The molecule has 7 nitrogen and oxygen atoms in total. The first kappa shape index (κ1) is 26.6. The highest BCUT2D eigenvalue weighted by Crippen LogP contribution is 2.25. The second-order valence-corrected chi connectivity index (χ2v) is 8.25. The zero-order valence-electron chi connectivity index (χ0n) is 19.9. The largest absolute Gasteiger partial charge is 0.434 e. The molecule has 3 rings (SSSR count). The van der Waals surface area contributed by atoms with Crippen molar-refractivity contribution in [2.24, 2.45) is 5.92 Å². The number of para-hydroxylation sites is 1. The van der Waals surface area contributed by atoms with Crippen LogP contribution in [-0.2, 0) is 27.4 Å². The second kappa shape index (κ2) is 13.7. The lowest BCUT2D eigenvalue weighted by Crippen LogP contribution is -2.45. The molecule has 35 heavy (non-hydrogen) atoms. The fourth-order valence-corrected chi connectivity index (χ4v) is 4.00. The van der Waals surface area contributed by atoms with Crippen molar-refractivity contribution in [2.75, 3.05) is 32.9 Å². The van der Waals surface area contributed by atoms with Crippen molar-refractivity contribution in [3.8, 4) is 5.75 Å². The minimum atomic E-state index is -3.02. The third-order valence-corrected chi connectivity index (χ3v) is 5.72. The molecule has 0 aliphatic carbocycles. The van der Waals surface area contributed by atoms with Crippen LogP contribution in [0.5, 0.6) is 5.75 Å². The van der Waals surface area contributed by atoms with Gasteiger partial charge >= 0.3 is 6.61 Å². The van der Waals surface area contributed by atoms with E-state index in [9.17, 15) is 18.4 Å². The summed E-state index contributed by atoms with van der Waals surface area (Å²) in [5.74, 6) is -1.10. The number of likely N-dealkylation sites (tertiary alicyclic amines) is 1. The summed E-state index contributed by atoms with van der Waals surface area (Å²) in [7, 11) is 0. The Kier molecular flexibility index (Phi) is 10.4. The van der Waals surface area contributed by atoms with Crippen molar-refractivity contribution in [1.29, 1.82) is 0 Å². The molecule has 1 N–H and O–H groups in total. The van der Waals surface area contributed by atoms with E-state index in [0.717, 1.165) is 11.1 Å². The van der Waals surface area contributed by atoms with Gasteiger partial charge in [-0.3, -0.25) is 9.59 Å². The van der Waals surface area contributed by atoms with E-state index in [1.165, 1.54) is 23.1 Å². The molecule has 1 heterocycles. The maximum atomic E-state index is 13.0. The Bertz CT molecular complexity index is 972. The van der Waals surface area contributed by atoms with Crippen molar-refractivity contribution >= 4 is 11.8 Å². The first-order chi connectivity index (χ1) is 17.0. The number of alkyl halides is 2. The van der Waals surface area contributed by atoms with Crippen LogP contribution in [0, 0.1) is 5.92 Å². The third kappa shape index (κ3) is 8.29. The van der Waals surface area contributed by atoms with E-state index in [0.29, 0.717) is 52.4 Å². The topological polar surface area (TPSA) is 77.1 Å². The lowest BCUT2D eigenvalue weighted by atomic mass is 9.96. The van der Waals surface area contributed by atoms with Crippen LogP contribution in [0.1, 0.15) is 41.3 Å². The highest BCUT2D eigenvalue weighted by Gasteiger charge is 2.30. The molecule has 0 radical (unpaired) electrons. The first-order valence-electron chi connectivity index (χ1n) is 11.8. The van der Waals surface area contributed by atoms with Crippen LogP contribution >= 0.6 is 0 Å². The molecule has 1 atom stereocenters. The van der Waals surface area contributed by atoms with Gasteiger partial charge in [0.2, 0.25) is 5.91 Å². The molecule has 0 aromatic heterocycles. The summed E-state index contributed by atoms with van der Waals surface area (Å²) < 4.78 is 40.8. The Hall–Kier alpha value is -3.04. The quantitative estimate of drug-likeness (QED) is 0.455. The summed E-state index contributed by atoms with van der Waals surface area (Å²) in [4.78, 5) is 27.3. The van der Waals surface area contributed by atoms with Gasteiger partial charge in [0, 0.05) is 26.2 Å². The number of carbonyl (C=O) groups excluding carboxylic acids is 2. The van der Waals surface area contributed by atoms with Crippen LogP contribution in [0.25, 0.3) is 0 Å². The van der Waals surface area contributed by atoms with Gasteiger partial charge in [-0.15, -0.1) is 0 Å². The number of carbonyl (C=O) groups is 2. The molecule has 0 bridgehead atoms. The van der Waals surface area contributed by atoms with Crippen molar-refractivity contribution in [3.05, 3.63) is 65.2 Å². The van der Waals surface area contributed by atoms with Gasteiger partial charge in [-0.2, -0.15) is 8.78 Å². The molecule has 2 amide bonds. The monoisotopic (exact) mass is 490 g/mol. The van der Waals surface area contributed by atoms with Crippen LogP contribution in [0.3, 0.4) is 0 Å². The molecule has 9 heteroatoms. The van der Waals surface area contributed by atoms with Gasteiger partial charge in [0.1, 0.15) is 5.75 Å². The molecule has 2 aromatic rings. The summed E-state index contributed by atoms with van der Waals surface area (Å²) in [5.41, 5.74) is 2.02. The third-order valence-electron chi connectivity index (χ3n) is 5.72. The highest BCUT2D eigenvalue weighted by molar-refractivity contribution is 5.97. The molecule has 1 unspecified atom stereocenters. The number of benzene rings is 2. The summed E-state index contributed by atoms with van der Waals surface area (Å²) in [6, 6.07) is 13.7. The molecule has 1 saturated heterocycles. The molecular weight excluding hydrogens is 458 g/mol. The van der Waals surface area contributed by atoms with Gasteiger partial charge in [0.15, 0.2) is 0 Å². The lowest BCUT2D eigenvalue weighted by Gasteiger charge is -2.32. The average Bonchev–Trinajstić information content (AvgIpc) is 2.87. The zero-order chi connectivity index (χ0) is 25.0. The van der Waals surface area contributed by atoms with Crippen molar-refractivity contribution < 1.29 is 32.6 Å². The number of piperidine rings is 1. The Labute approximate surface area is 204 Å². The van der Waals surface area contributed by atoms with Crippen molar-refractivity contribution in [3.63, 3.8) is 0 Å². The summed E-state index contributed by atoms with van der Waals surface area (Å²) in [6.07, 6.45) is 1.30. The van der Waals surface area contributed by atoms with Gasteiger partial charge < -0.3 is 24.4 Å². The van der Waals surface area contributed by atoms with E-state index in [-0.39, 0.29) is 29.7 Å². The van der Waals surface area contributed by atoms with E-state index < -0.39 is 12.5 Å². The molecule has 1 aliphatic heterocycles. The smallest absolute Gasteiger partial charge is 0.387 e.